The summed E-state index contributed by atoms with van der Waals surface area (Å²) in [4.78, 5) is 24.9. The van der Waals surface area contributed by atoms with E-state index < -0.39 is 18.1 Å². The first-order valence-electron chi connectivity index (χ1n) is 7.11. The minimum Gasteiger partial charge on any atom is -0.508 e. The molecule has 2 N–H and O–H groups in total. The summed E-state index contributed by atoms with van der Waals surface area (Å²) in [7, 11) is 0. The Bertz CT molecular complexity index is 744. The van der Waals surface area contributed by atoms with Gasteiger partial charge >= 0.3 is 12.1 Å². The van der Waals surface area contributed by atoms with E-state index in [1.54, 1.807) is 12.1 Å². The summed E-state index contributed by atoms with van der Waals surface area (Å²) in [5.74, 6) is -1.16. The predicted molar refractivity (Wildman–Crippen MR) is 82.3 cm³/mol. The molecule has 0 aromatic heterocycles. The van der Waals surface area contributed by atoms with Crippen LogP contribution in [-0.2, 0) is 22.6 Å². The summed E-state index contributed by atoms with van der Waals surface area (Å²) in [6, 6.07) is 12.7. The monoisotopic (exact) mass is 313 g/mol. The van der Waals surface area contributed by atoms with Crippen molar-refractivity contribution in [1.29, 1.82) is 0 Å². The molecule has 23 heavy (non-hydrogen) atoms. The number of hydrogen-bond acceptors (Lipinski definition) is 4. The Kier molecular flexibility index (Phi) is 3.89. The molecule has 1 unspecified atom stereocenters. The molecular weight excluding hydrogens is 298 g/mol. The topological polar surface area (TPSA) is 87.1 Å². The second kappa shape index (κ2) is 6.00. The third-order valence-corrected chi connectivity index (χ3v) is 3.78. The van der Waals surface area contributed by atoms with Crippen LogP contribution >= 0.6 is 0 Å². The molecule has 1 aliphatic heterocycles. The smallest absolute Gasteiger partial charge is 0.415 e. The third-order valence-electron chi connectivity index (χ3n) is 3.78. The predicted octanol–water partition coefficient (Wildman–Crippen LogP) is 2.54. The Morgan fingerprint density at radius 2 is 1.87 bits per heavy atom. The molecule has 0 fully saturated rings. The molecule has 0 saturated heterocycles. The number of aromatic hydroxyl groups is 1. The number of anilines is 1. The molecule has 3 rings (SSSR count). The summed E-state index contributed by atoms with van der Waals surface area (Å²) in [5, 5.41) is 19.2. The van der Waals surface area contributed by atoms with Crippen LogP contribution < -0.4 is 4.90 Å². The van der Waals surface area contributed by atoms with Gasteiger partial charge in [0.25, 0.3) is 0 Å². The number of fused-ring (bicyclic) bond motifs is 1. The molecule has 1 atom stereocenters. The fourth-order valence-electron chi connectivity index (χ4n) is 2.66. The van der Waals surface area contributed by atoms with Gasteiger partial charge in [0, 0.05) is 12.0 Å². The van der Waals surface area contributed by atoms with E-state index in [1.807, 2.05) is 30.3 Å². The average molecular weight is 313 g/mol. The van der Waals surface area contributed by atoms with E-state index >= 15 is 0 Å². The fraction of sp³-hybridized carbons (Fsp3) is 0.176. The van der Waals surface area contributed by atoms with Gasteiger partial charge in [-0.1, -0.05) is 36.4 Å². The normalized spacial score (nSPS) is 16.0. The number of hydrogen-bond donors (Lipinski definition) is 2. The first-order valence-corrected chi connectivity index (χ1v) is 7.11. The third kappa shape index (κ3) is 2.83. The number of carboxylic acids is 1. The maximum absolute atomic E-state index is 12.4. The Morgan fingerprint density at radius 3 is 2.57 bits per heavy atom. The molecular formula is C17H15NO5. The quantitative estimate of drug-likeness (QED) is 0.909. The van der Waals surface area contributed by atoms with Gasteiger partial charge in [-0.25, -0.2) is 9.59 Å². The van der Waals surface area contributed by atoms with E-state index in [4.69, 9.17) is 4.74 Å². The van der Waals surface area contributed by atoms with Gasteiger partial charge in [0.1, 0.15) is 18.4 Å². The van der Waals surface area contributed by atoms with E-state index in [9.17, 15) is 19.8 Å². The molecule has 1 amide bonds. The van der Waals surface area contributed by atoms with E-state index in [0.29, 0.717) is 11.3 Å². The van der Waals surface area contributed by atoms with Crippen LogP contribution in [0, 0.1) is 0 Å². The Balaban J connectivity index is 1.83. The lowest BCUT2D eigenvalue weighted by atomic mass is 10.1. The summed E-state index contributed by atoms with van der Waals surface area (Å²) >= 11 is 0. The van der Waals surface area contributed by atoms with Crippen molar-refractivity contribution in [3.63, 3.8) is 0 Å². The highest BCUT2D eigenvalue weighted by Crippen LogP contribution is 2.38. The Hall–Kier alpha value is -3.02. The van der Waals surface area contributed by atoms with Crippen LogP contribution in [0.25, 0.3) is 0 Å². The highest BCUT2D eigenvalue weighted by atomic mass is 16.6. The molecule has 2 aromatic rings. The van der Waals surface area contributed by atoms with Gasteiger partial charge in [0.2, 0.25) is 0 Å². The summed E-state index contributed by atoms with van der Waals surface area (Å²) in [6.45, 7) is 0.0522. The number of nitrogens with zero attached hydrogens (tertiary/aromatic N) is 1. The number of amides is 1. The minimum absolute atomic E-state index is 0.0212. The van der Waals surface area contributed by atoms with Crippen molar-refractivity contribution >= 4 is 17.7 Å². The van der Waals surface area contributed by atoms with Crippen LogP contribution in [0.1, 0.15) is 11.1 Å². The number of benzene rings is 2. The first-order chi connectivity index (χ1) is 11.1. The molecule has 1 aliphatic rings. The second-order valence-corrected chi connectivity index (χ2v) is 5.24. The van der Waals surface area contributed by atoms with Crippen LogP contribution in [0.15, 0.2) is 48.5 Å². The zero-order valence-corrected chi connectivity index (χ0v) is 12.2. The molecule has 0 bridgehead atoms. The van der Waals surface area contributed by atoms with Crippen molar-refractivity contribution < 1.29 is 24.5 Å². The van der Waals surface area contributed by atoms with Crippen molar-refractivity contribution in [3.8, 4) is 5.75 Å². The number of rotatable bonds is 3. The number of carboxylic acid groups (broad SMARTS) is 1. The van der Waals surface area contributed by atoms with Crippen LogP contribution in [0.4, 0.5) is 10.5 Å². The number of carbonyl (C=O) groups excluding carboxylic acids is 1. The highest BCUT2D eigenvalue weighted by Gasteiger charge is 2.40. The molecule has 0 radical (unpaired) electrons. The van der Waals surface area contributed by atoms with Crippen LogP contribution in [0.5, 0.6) is 5.75 Å². The maximum atomic E-state index is 12.4. The molecule has 6 heteroatoms. The summed E-state index contributed by atoms with van der Waals surface area (Å²) in [5.41, 5.74) is 1.62. The lowest BCUT2D eigenvalue weighted by molar-refractivity contribution is -0.138. The molecule has 118 valence electrons. The van der Waals surface area contributed by atoms with Crippen LogP contribution in [0.2, 0.25) is 0 Å². The van der Waals surface area contributed by atoms with Crippen molar-refractivity contribution in [1.82, 2.24) is 0 Å². The van der Waals surface area contributed by atoms with Crippen LogP contribution in [-0.4, -0.2) is 28.3 Å². The van der Waals surface area contributed by atoms with E-state index in [0.717, 1.165) is 10.5 Å². The Labute approximate surface area is 132 Å². The fourth-order valence-corrected chi connectivity index (χ4v) is 2.66. The van der Waals surface area contributed by atoms with E-state index in [-0.39, 0.29) is 18.8 Å². The number of ether oxygens (including phenoxy) is 1. The van der Waals surface area contributed by atoms with Gasteiger partial charge in [-0.2, -0.15) is 0 Å². The van der Waals surface area contributed by atoms with Crippen molar-refractivity contribution in [2.24, 2.45) is 0 Å². The average Bonchev–Trinajstić information content (AvgIpc) is 2.95. The van der Waals surface area contributed by atoms with Crippen molar-refractivity contribution in [2.75, 3.05) is 4.90 Å². The molecule has 0 saturated carbocycles. The first kappa shape index (κ1) is 14.9. The second-order valence-electron chi connectivity index (χ2n) is 5.24. The van der Waals surface area contributed by atoms with Crippen molar-refractivity contribution in [2.45, 2.75) is 19.1 Å². The maximum Gasteiger partial charge on any atom is 0.415 e. The van der Waals surface area contributed by atoms with Gasteiger partial charge in [-0.3, -0.25) is 4.90 Å². The van der Waals surface area contributed by atoms with Crippen LogP contribution in [0.3, 0.4) is 0 Å². The summed E-state index contributed by atoms with van der Waals surface area (Å²) in [6.07, 6.45) is -0.691. The number of carbonyl (C=O) groups is 2. The lowest BCUT2D eigenvalue weighted by Crippen LogP contribution is -2.43. The number of phenolic OH excluding ortho intramolecular Hbond substituents is 1. The van der Waals surface area contributed by atoms with Gasteiger partial charge in [0.15, 0.2) is 0 Å². The van der Waals surface area contributed by atoms with Gasteiger partial charge in [-0.15, -0.1) is 0 Å². The van der Waals surface area contributed by atoms with Gasteiger partial charge in [0.05, 0.1) is 5.69 Å². The molecule has 6 nitrogen and oxygen atoms in total. The molecule has 1 heterocycles. The van der Waals surface area contributed by atoms with Gasteiger partial charge < -0.3 is 14.9 Å². The molecule has 0 aliphatic carbocycles. The molecule has 2 aromatic carbocycles. The Morgan fingerprint density at radius 1 is 1.13 bits per heavy atom. The lowest BCUT2D eigenvalue weighted by Gasteiger charge is -2.22. The zero-order chi connectivity index (χ0) is 16.4. The largest absolute Gasteiger partial charge is 0.508 e. The standard InChI is InChI=1S/C17H15NO5/c19-15-8-4-7-13-12(15)9-14(16(20)21)18(13)17(22)23-10-11-5-2-1-3-6-11/h1-8,14,19H,9-10H2,(H,20,21). The highest BCUT2D eigenvalue weighted by molar-refractivity contribution is 5.99. The van der Waals surface area contributed by atoms with Crippen molar-refractivity contribution in [3.05, 3.63) is 59.7 Å². The number of phenols is 1. The van der Waals surface area contributed by atoms with Gasteiger partial charge in [-0.05, 0) is 17.7 Å². The summed E-state index contributed by atoms with van der Waals surface area (Å²) < 4.78 is 5.23. The minimum atomic E-state index is -1.14. The zero-order valence-electron chi connectivity index (χ0n) is 12.2. The molecule has 0 spiro atoms. The SMILES string of the molecule is O=C(O)C1Cc2c(O)cccc2N1C(=O)OCc1ccccc1. The van der Waals surface area contributed by atoms with E-state index in [1.165, 1.54) is 6.07 Å². The van der Waals surface area contributed by atoms with E-state index in [2.05, 4.69) is 0 Å². The number of aliphatic carboxylic acids is 1.